The van der Waals surface area contributed by atoms with Gasteiger partial charge in [-0.2, -0.15) is 0 Å². The number of esters is 1. The van der Waals surface area contributed by atoms with Gasteiger partial charge in [-0.05, 0) is 156 Å². The maximum absolute atomic E-state index is 15.0. The molecule has 464 valence electrons. The summed E-state index contributed by atoms with van der Waals surface area (Å²) in [5, 5.41) is 45.9. The number of hydrogen-bond acceptors (Lipinski definition) is 18. The summed E-state index contributed by atoms with van der Waals surface area (Å²) in [7, 11) is 8.58. The fourth-order valence-corrected chi connectivity index (χ4v) is 11.9. The summed E-state index contributed by atoms with van der Waals surface area (Å²) >= 11 is 0. The van der Waals surface area contributed by atoms with Gasteiger partial charge in [-0.15, -0.1) is 0 Å². The van der Waals surface area contributed by atoms with Crippen LogP contribution < -0.4 is 20.7 Å². The Morgan fingerprint density at radius 1 is 0.817 bits per heavy atom. The van der Waals surface area contributed by atoms with Crippen molar-refractivity contribution in [2.75, 3.05) is 61.5 Å². The molecule has 3 fully saturated rings. The maximum Gasteiger partial charge on any atom is 0.407 e. The third-order valence-electron chi connectivity index (χ3n) is 16.7. The van der Waals surface area contributed by atoms with Gasteiger partial charge in [-0.25, -0.2) is 14.0 Å². The minimum absolute atomic E-state index is 0.00238. The van der Waals surface area contributed by atoms with E-state index in [1.165, 1.54) is 26.2 Å². The summed E-state index contributed by atoms with van der Waals surface area (Å²) in [4.78, 5) is 58.4. The van der Waals surface area contributed by atoms with Crippen LogP contribution in [0.5, 0.6) is 5.75 Å². The first kappa shape index (κ1) is 68.0. The Labute approximate surface area is 484 Å². The molecule has 82 heavy (non-hydrogen) atoms. The van der Waals surface area contributed by atoms with E-state index in [9.17, 15) is 38.9 Å². The molecule has 3 aliphatic rings. The quantitative estimate of drug-likeness (QED) is 0.0538. The van der Waals surface area contributed by atoms with Gasteiger partial charge in [0.15, 0.2) is 24.8 Å². The number of unbranched alkanes of at least 4 members (excludes halogenated alkanes) is 1. The number of halogens is 1. The number of hydrogen-bond donors (Lipinski definition) is 6. The Bertz CT molecular complexity index is 2330. The summed E-state index contributed by atoms with van der Waals surface area (Å²) in [5.41, 5.74) is -3.60. The van der Waals surface area contributed by atoms with Crippen molar-refractivity contribution in [3.8, 4) is 5.75 Å². The van der Waals surface area contributed by atoms with Crippen molar-refractivity contribution in [1.29, 1.82) is 0 Å². The largest absolute Gasteiger partial charge is 0.497 e. The molecule has 2 aromatic rings. The average molecular weight is 1160 g/mol. The fraction of sp³-hybridized carbons (Fsp3) is 0.733. The number of carbonyl (C=O) groups excluding carboxylic acids is 4. The van der Waals surface area contributed by atoms with Crippen LogP contribution in [0.1, 0.15) is 124 Å². The van der Waals surface area contributed by atoms with E-state index in [1.54, 1.807) is 92.0 Å². The van der Waals surface area contributed by atoms with Crippen LogP contribution >= 0.6 is 0 Å². The molecule has 18 atom stereocenters. The first-order valence-electron chi connectivity index (χ1n) is 29.0. The zero-order chi connectivity index (χ0) is 60.9. The van der Waals surface area contributed by atoms with Gasteiger partial charge in [0.05, 0.1) is 43.0 Å². The Balaban J connectivity index is 1.41. The van der Waals surface area contributed by atoms with Crippen LogP contribution in [-0.4, -0.2) is 201 Å². The highest BCUT2D eigenvalue weighted by atomic mass is 19.1. The first-order chi connectivity index (χ1) is 38.5. The predicted octanol–water partition coefficient (Wildman–Crippen LogP) is 5.97. The number of methoxy groups -OCH3 is 2. The number of ether oxygens (including phenoxy) is 9. The molecule has 5 rings (SSSR count). The Kier molecular flexibility index (Phi) is 25.2. The molecule has 3 heterocycles. The molecule has 21 nitrogen and oxygen atoms in total. The highest BCUT2D eigenvalue weighted by Crippen LogP contribution is 2.41. The number of aliphatic hydroxyl groups excluding tert-OH is 1. The Morgan fingerprint density at radius 2 is 1.43 bits per heavy atom. The molecule has 3 amide bonds. The molecule has 6 N–H and O–H groups in total. The van der Waals surface area contributed by atoms with Gasteiger partial charge < -0.3 is 78.8 Å². The highest BCUT2D eigenvalue weighted by Gasteiger charge is 2.54. The van der Waals surface area contributed by atoms with Crippen molar-refractivity contribution < 1.29 is 81.5 Å². The number of nitrogens with zero attached hydrogens (tertiary/aromatic N) is 2. The molecule has 0 radical (unpaired) electrons. The number of amides is 3. The zero-order valence-corrected chi connectivity index (χ0v) is 51.0. The normalized spacial score (nSPS) is 35.3. The smallest absolute Gasteiger partial charge is 0.407 e. The average Bonchev–Trinajstić information content (AvgIpc) is 3.50. The number of rotatable bonds is 19. The van der Waals surface area contributed by atoms with Gasteiger partial charge in [0.1, 0.15) is 35.0 Å². The summed E-state index contributed by atoms with van der Waals surface area (Å²) in [6.45, 7) is 18.5. The van der Waals surface area contributed by atoms with Crippen LogP contribution in [-0.2, 0) is 49.1 Å². The molecule has 0 aliphatic carbocycles. The van der Waals surface area contributed by atoms with Gasteiger partial charge >= 0.3 is 18.2 Å². The van der Waals surface area contributed by atoms with Crippen LogP contribution in [0, 0.1) is 23.6 Å². The maximum atomic E-state index is 15.0. The molecule has 0 bridgehead atoms. The number of alkyl carbamates (subject to hydrolysis) is 2. The van der Waals surface area contributed by atoms with E-state index in [-0.39, 0.29) is 62.1 Å². The Hall–Kier alpha value is -4.75. The van der Waals surface area contributed by atoms with E-state index in [2.05, 4.69) is 16.0 Å². The molecule has 3 aliphatic heterocycles. The van der Waals surface area contributed by atoms with E-state index >= 15 is 0 Å². The van der Waals surface area contributed by atoms with Crippen LogP contribution in [0.25, 0.3) is 0 Å². The van der Waals surface area contributed by atoms with E-state index in [0.717, 1.165) is 5.56 Å². The van der Waals surface area contributed by atoms with E-state index in [4.69, 9.17) is 42.6 Å². The molecule has 22 heteroatoms. The van der Waals surface area contributed by atoms with Crippen molar-refractivity contribution in [2.45, 2.75) is 204 Å². The number of likely N-dealkylation sites (N-methyl/N-ethyl adjacent to an activating group) is 2. The van der Waals surface area contributed by atoms with Crippen molar-refractivity contribution >= 4 is 24.1 Å². The topological polar surface area (TPSA) is 255 Å². The monoisotopic (exact) mass is 1160 g/mol. The Morgan fingerprint density at radius 3 is 2.02 bits per heavy atom. The lowest BCUT2D eigenvalue weighted by Crippen LogP contribution is -2.61. The molecule has 3 saturated heterocycles. The fourth-order valence-electron chi connectivity index (χ4n) is 11.9. The molecule has 0 unspecified atom stereocenters. The zero-order valence-electron chi connectivity index (χ0n) is 51.0. The first-order valence-corrected chi connectivity index (χ1v) is 29.0. The van der Waals surface area contributed by atoms with E-state index in [1.807, 2.05) is 44.8 Å². The lowest BCUT2D eigenvalue weighted by molar-refractivity contribution is -0.317. The van der Waals surface area contributed by atoms with Crippen molar-refractivity contribution in [1.82, 2.24) is 25.8 Å². The lowest BCUT2D eigenvalue weighted by Gasteiger charge is -2.49. The van der Waals surface area contributed by atoms with Crippen LogP contribution in [0.2, 0.25) is 0 Å². The second-order valence-corrected chi connectivity index (χ2v) is 23.8. The third kappa shape index (κ3) is 18.1. The minimum Gasteiger partial charge on any atom is -0.497 e. The molecule has 0 spiro atoms. The SMILES string of the molecule is CC[C@H]1OC(=O)[C@H](C)[C@@H](O[C@H]2C[C@@](C)(OC)[C@@H](OC(=O)NCCCCNC(=O)c3ccc(OC)cc3)[C@H](C)O2)[C@H](C)[C@@H](O[C@@H]2O[C@H](C)C[C@H](N(C)C)[C@H]2O)[C@](C)(O)C[C@@H](C)CN(C)[C@H](C)[C@@H](OC(=O)NCCc2ccc(F)cc2)[C@]1(C)O. The van der Waals surface area contributed by atoms with Crippen LogP contribution in [0.3, 0.4) is 0 Å². The molecule has 0 aromatic heterocycles. The minimum atomic E-state index is -1.98. The van der Waals surface area contributed by atoms with E-state index < -0.39 is 108 Å². The summed E-state index contributed by atoms with van der Waals surface area (Å²) in [5.74, 6) is -3.11. The molecule has 2 aromatic carbocycles. The van der Waals surface area contributed by atoms with Gasteiger partial charge in [0.25, 0.3) is 5.91 Å². The van der Waals surface area contributed by atoms with Crippen molar-refractivity contribution in [2.24, 2.45) is 17.8 Å². The van der Waals surface area contributed by atoms with Gasteiger partial charge in [-0.1, -0.05) is 32.9 Å². The number of aliphatic hydroxyl groups is 3. The van der Waals surface area contributed by atoms with E-state index in [0.29, 0.717) is 50.1 Å². The van der Waals surface area contributed by atoms with Crippen LogP contribution in [0.15, 0.2) is 48.5 Å². The van der Waals surface area contributed by atoms with Crippen LogP contribution in [0.4, 0.5) is 14.0 Å². The number of carbonyl (C=O) groups is 4. The lowest BCUT2D eigenvalue weighted by atomic mass is 9.77. The standard InChI is InChI=1S/C60H96FN5O16/c1-16-46-60(10,73)51(81-57(71)64-30-27-41-19-23-43(61)24-20-41)39(6)66(13)34-35(2)32-58(8,72)50(80-55-48(67)45(65(11)12)31-36(3)76-55)37(4)49(38(5)54(69)78-46)79-47-33-59(9,75-15)52(40(7)77-47)82-56(70)63-29-18-17-28-62-53(68)42-21-25-44(74-14)26-22-42/h19-26,35-40,45-52,55,67,72-73H,16-18,27-34H2,1-15H3,(H,62,68)(H,63,70)(H,64,71)/t35-,36-,37+,38-,39-,40+,45+,46-,47+,48-,49+,50-,51-,52+,55+,58-,59-,60-/m1/s1. The highest BCUT2D eigenvalue weighted by molar-refractivity contribution is 5.94. The van der Waals surface area contributed by atoms with Gasteiger partial charge in [0.2, 0.25) is 0 Å². The molecular weight excluding hydrogens is 1070 g/mol. The number of cyclic esters (lactones) is 1. The summed E-state index contributed by atoms with van der Waals surface area (Å²) in [6.07, 6.45) is -9.75. The van der Waals surface area contributed by atoms with Gasteiger partial charge in [0, 0.05) is 63.3 Å². The summed E-state index contributed by atoms with van der Waals surface area (Å²) in [6, 6.07) is 11.7. The molecular formula is C60H96FN5O16. The number of benzene rings is 2. The second kappa shape index (κ2) is 30.4. The van der Waals surface area contributed by atoms with Crippen molar-refractivity contribution in [3.05, 3.63) is 65.5 Å². The second-order valence-electron chi connectivity index (χ2n) is 23.8. The molecule has 0 saturated carbocycles. The third-order valence-corrected chi connectivity index (χ3v) is 16.7. The van der Waals surface area contributed by atoms with Gasteiger partial charge in [-0.3, -0.25) is 14.5 Å². The number of nitrogens with one attached hydrogen (secondary N) is 3. The predicted molar refractivity (Wildman–Crippen MR) is 303 cm³/mol. The van der Waals surface area contributed by atoms with Crippen molar-refractivity contribution in [3.63, 3.8) is 0 Å². The summed E-state index contributed by atoms with van der Waals surface area (Å²) < 4.78 is 70.0.